The summed E-state index contributed by atoms with van der Waals surface area (Å²) in [4.78, 5) is 2.54. The van der Waals surface area contributed by atoms with E-state index in [1.807, 2.05) is 0 Å². The van der Waals surface area contributed by atoms with Crippen LogP contribution in [0.1, 0.15) is 46.0 Å². The van der Waals surface area contributed by atoms with Crippen LogP contribution < -0.4 is 0 Å². The molecule has 0 aromatic carbocycles. The van der Waals surface area contributed by atoms with E-state index in [9.17, 15) is 0 Å². The molecule has 2 heteroatoms. The minimum Gasteiger partial charge on any atom is -0.373 e. The highest BCUT2D eigenvalue weighted by atomic mass is 16.5. The van der Waals surface area contributed by atoms with Gasteiger partial charge < -0.3 is 9.64 Å². The normalized spacial score (nSPS) is 29.1. The lowest BCUT2D eigenvalue weighted by Gasteiger charge is -2.31. The van der Waals surface area contributed by atoms with Gasteiger partial charge in [-0.25, -0.2) is 0 Å². The Bertz CT molecular complexity index is 328. The van der Waals surface area contributed by atoms with Crippen molar-refractivity contribution in [1.29, 1.82) is 0 Å². The van der Waals surface area contributed by atoms with Gasteiger partial charge in [0.1, 0.15) is 0 Å². The zero-order valence-corrected chi connectivity index (χ0v) is 12.7. The topological polar surface area (TPSA) is 12.5 Å². The van der Waals surface area contributed by atoms with Gasteiger partial charge in [-0.15, -0.1) is 0 Å². The second kappa shape index (κ2) is 7.25. The fraction of sp³-hybridized carbons (Fsp3) is 0.765. The number of likely N-dealkylation sites (tertiary alicyclic amines) is 1. The maximum Gasteiger partial charge on any atom is 0.0788 e. The van der Waals surface area contributed by atoms with Gasteiger partial charge in [0.25, 0.3) is 0 Å². The summed E-state index contributed by atoms with van der Waals surface area (Å²) in [5.74, 6) is 0.615. The van der Waals surface area contributed by atoms with Crippen molar-refractivity contribution in [2.75, 3.05) is 26.2 Å². The van der Waals surface area contributed by atoms with Gasteiger partial charge in [0.15, 0.2) is 0 Å². The maximum atomic E-state index is 6.13. The Morgan fingerprint density at radius 3 is 2.79 bits per heavy atom. The van der Waals surface area contributed by atoms with Crippen LogP contribution >= 0.6 is 0 Å². The number of piperidine rings is 1. The van der Waals surface area contributed by atoms with Crippen molar-refractivity contribution in [2.45, 2.75) is 52.1 Å². The van der Waals surface area contributed by atoms with Crippen molar-refractivity contribution >= 4 is 0 Å². The Morgan fingerprint density at radius 2 is 2.11 bits per heavy atom. The molecule has 0 spiro atoms. The minimum atomic E-state index is 0.320. The SMILES string of the molecule is C=C(C)C1CC=C(C)C(OCCN2CCCCC2)C1. The summed E-state index contributed by atoms with van der Waals surface area (Å²) in [5, 5.41) is 0. The minimum absolute atomic E-state index is 0.320. The summed E-state index contributed by atoms with van der Waals surface area (Å²) < 4.78 is 6.13. The molecule has 0 N–H and O–H groups in total. The van der Waals surface area contributed by atoms with Crippen LogP contribution in [0, 0.1) is 5.92 Å². The number of ether oxygens (including phenoxy) is 1. The van der Waals surface area contributed by atoms with Crippen molar-refractivity contribution in [1.82, 2.24) is 4.90 Å². The van der Waals surface area contributed by atoms with E-state index in [0.717, 1.165) is 26.0 Å². The molecule has 1 fully saturated rings. The number of hydrogen-bond acceptors (Lipinski definition) is 2. The van der Waals surface area contributed by atoms with Crippen LogP contribution in [0.2, 0.25) is 0 Å². The summed E-state index contributed by atoms with van der Waals surface area (Å²) >= 11 is 0. The van der Waals surface area contributed by atoms with Gasteiger partial charge in [-0.1, -0.05) is 24.6 Å². The molecule has 0 amide bonds. The molecule has 1 heterocycles. The Kier molecular flexibility index (Phi) is 5.65. The number of rotatable bonds is 5. The standard InChI is InChI=1S/C17H29NO/c1-14(2)16-8-7-15(3)17(13-16)19-12-11-18-9-5-4-6-10-18/h7,16-17H,1,4-6,8-13H2,2-3H3. The molecule has 1 aliphatic heterocycles. The van der Waals surface area contributed by atoms with Crippen LogP contribution in [0.5, 0.6) is 0 Å². The van der Waals surface area contributed by atoms with E-state index in [-0.39, 0.29) is 0 Å². The summed E-state index contributed by atoms with van der Waals surface area (Å²) in [6, 6.07) is 0. The van der Waals surface area contributed by atoms with Gasteiger partial charge in [-0.2, -0.15) is 0 Å². The van der Waals surface area contributed by atoms with E-state index in [4.69, 9.17) is 4.74 Å². The predicted molar refractivity (Wildman–Crippen MR) is 81.3 cm³/mol. The van der Waals surface area contributed by atoms with Gasteiger partial charge >= 0.3 is 0 Å². The van der Waals surface area contributed by atoms with E-state index in [1.54, 1.807) is 0 Å². The number of nitrogens with zero attached hydrogens (tertiary/aromatic N) is 1. The van der Waals surface area contributed by atoms with E-state index in [2.05, 4.69) is 31.4 Å². The van der Waals surface area contributed by atoms with Gasteiger partial charge in [-0.05, 0) is 64.1 Å². The third-order valence-corrected chi connectivity index (χ3v) is 4.60. The van der Waals surface area contributed by atoms with Crippen LogP contribution in [0.15, 0.2) is 23.8 Å². The van der Waals surface area contributed by atoms with Gasteiger partial charge in [0.2, 0.25) is 0 Å². The second-order valence-corrected chi connectivity index (χ2v) is 6.22. The quantitative estimate of drug-likeness (QED) is 0.700. The molecule has 0 aromatic heterocycles. The number of allylic oxidation sites excluding steroid dienone is 2. The fourth-order valence-corrected chi connectivity index (χ4v) is 3.11. The average molecular weight is 263 g/mol. The molecular weight excluding hydrogens is 234 g/mol. The summed E-state index contributed by atoms with van der Waals surface area (Å²) in [6.07, 6.45) is 9.06. The van der Waals surface area contributed by atoms with Crippen LogP contribution in [0.3, 0.4) is 0 Å². The van der Waals surface area contributed by atoms with E-state index >= 15 is 0 Å². The molecular formula is C17H29NO. The lowest BCUT2D eigenvalue weighted by atomic mass is 9.84. The van der Waals surface area contributed by atoms with Crippen molar-refractivity contribution in [3.63, 3.8) is 0 Å². The molecule has 2 atom stereocenters. The molecule has 19 heavy (non-hydrogen) atoms. The van der Waals surface area contributed by atoms with Crippen molar-refractivity contribution in [3.8, 4) is 0 Å². The predicted octanol–water partition coefficient (Wildman–Crippen LogP) is 3.79. The third-order valence-electron chi connectivity index (χ3n) is 4.60. The first-order chi connectivity index (χ1) is 9.16. The second-order valence-electron chi connectivity index (χ2n) is 6.22. The first-order valence-electron chi connectivity index (χ1n) is 7.83. The molecule has 2 aliphatic rings. The highest BCUT2D eigenvalue weighted by molar-refractivity contribution is 5.15. The summed E-state index contributed by atoms with van der Waals surface area (Å²) in [7, 11) is 0. The molecule has 0 radical (unpaired) electrons. The first kappa shape index (κ1) is 14.8. The number of hydrogen-bond donors (Lipinski definition) is 0. The van der Waals surface area contributed by atoms with Crippen molar-refractivity contribution < 1.29 is 4.74 Å². The molecule has 1 aliphatic carbocycles. The first-order valence-corrected chi connectivity index (χ1v) is 7.83. The van der Waals surface area contributed by atoms with Gasteiger partial charge in [0.05, 0.1) is 12.7 Å². The lowest BCUT2D eigenvalue weighted by Crippen LogP contribution is -2.34. The molecule has 0 saturated carbocycles. The molecule has 1 saturated heterocycles. The highest BCUT2D eigenvalue weighted by Crippen LogP contribution is 2.30. The van der Waals surface area contributed by atoms with Gasteiger partial charge in [-0.3, -0.25) is 0 Å². The molecule has 2 nitrogen and oxygen atoms in total. The molecule has 0 aromatic rings. The average Bonchev–Trinajstić information content (AvgIpc) is 2.42. The third kappa shape index (κ3) is 4.47. The smallest absolute Gasteiger partial charge is 0.0788 e. The van der Waals surface area contributed by atoms with Crippen LogP contribution in [0.4, 0.5) is 0 Å². The molecule has 108 valence electrons. The zero-order valence-electron chi connectivity index (χ0n) is 12.7. The Hall–Kier alpha value is -0.600. The summed E-state index contributed by atoms with van der Waals surface area (Å²) in [6.45, 7) is 12.9. The monoisotopic (exact) mass is 263 g/mol. The van der Waals surface area contributed by atoms with Crippen molar-refractivity contribution in [3.05, 3.63) is 23.8 Å². The van der Waals surface area contributed by atoms with E-state index < -0.39 is 0 Å². The van der Waals surface area contributed by atoms with Gasteiger partial charge in [0, 0.05) is 6.54 Å². The lowest BCUT2D eigenvalue weighted by molar-refractivity contribution is 0.0398. The molecule has 0 bridgehead atoms. The fourth-order valence-electron chi connectivity index (χ4n) is 3.11. The Balaban J connectivity index is 1.73. The summed E-state index contributed by atoms with van der Waals surface area (Å²) in [5.41, 5.74) is 2.71. The van der Waals surface area contributed by atoms with E-state index in [1.165, 1.54) is 43.5 Å². The maximum absolute atomic E-state index is 6.13. The van der Waals surface area contributed by atoms with Crippen LogP contribution in [0.25, 0.3) is 0 Å². The van der Waals surface area contributed by atoms with Crippen LogP contribution in [-0.4, -0.2) is 37.2 Å². The Morgan fingerprint density at radius 1 is 1.37 bits per heavy atom. The van der Waals surface area contributed by atoms with Crippen molar-refractivity contribution in [2.24, 2.45) is 5.92 Å². The van der Waals surface area contributed by atoms with E-state index in [0.29, 0.717) is 12.0 Å². The van der Waals surface area contributed by atoms with Crippen LogP contribution in [-0.2, 0) is 4.74 Å². The largest absolute Gasteiger partial charge is 0.373 e. The zero-order chi connectivity index (χ0) is 13.7. The Labute approximate surface area is 118 Å². The molecule has 2 unspecified atom stereocenters. The molecule has 2 rings (SSSR count). The highest BCUT2D eigenvalue weighted by Gasteiger charge is 2.23.